The molecule has 2 N–H and O–H groups in total. The number of nitrogens with one attached hydrogen (secondary N) is 2. The number of rotatable bonds is 8. The third-order valence-electron chi connectivity index (χ3n) is 3.90. The van der Waals surface area contributed by atoms with Crippen molar-refractivity contribution in [2.24, 2.45) is 0 Å². The van der Waals surface area contributed by atoms with E-state index in [4.69, 9.17) is 0 Å². The summed E-state index contributed by atoms with van der Waals surface area (Å²) in [5, 5.41) is 2.84. The Hall–Kier alpha value is -1.18. The van der Waals surface area contributed by atoms with Crippen LogP contribution in [0.5, 0.6) is 0 Å². The fourth-order valence-corrected chi connectivity index (χ4v) is 4.23. The summed E-state index contributed by atoms with van der Waals surface area (Å²) in [6.07, 6.45) is 8.04. The second kappa shape index (κ2) is 9.34. The van der Waals surface area contributed by atoms with Crippen molar-refractivity contribution in [3.05, 3.63) is 40.4 Å². The van der Waals surface area contributed by atoms with E-state index >= 15 is 0 Å². The minimum atomic E-state index is -3.59. The lowest BCUT2D eigenvalue weighted by atomic mass is 9.97. The maximum Gasteiger partial charge on any atom is 0.240 e. The van der Waals surface area contributed by atoms with Crippen molar-refractivity contribution in [3.63, 3.8) is 0 Å². The van der Waals surface area contributed by atoms with Crippen LogP contribution >= 0.6 is 15.9 Å². The Morgan fingerprint density at radius 3 is 2.75 bits per heavy atom. The molecule has 1 aliphatic rings. The van der Waals surface area contributed by atoms with E-state index in [1.807, 2.05) is 0 Å². The van der Waals surface area contributed by atoms with E-state index in [-0.39, 0.29) is 23.8 Å². The van der Waals surface area contributed by atoms with Crippen LogP contribution in [0.15, 0.2) is 45.3 Å². The third-order valence-corrected chi connectivity index (χ3v) is 5.86. The standard InChI is InChI=1S/C17H23BrN2O3S/c18-15-7-4-8-16(13-15)24(22,23)20-12-10-17(21)19-11-9-14-5-2-1-3-6-14/h4-5,7-8,13,20H,1-3,6,9-12H2,(H,19,21). The molecule has 1 aliphatic carbocycles. The Morgan fingerprint density at radius 1 is 1.21 bits per heavy atom. The van der Waals surface area contributed by atoms with Crippen molar-refractivity contribution in [1.29, 1.82) is 0 Å². The van der Waals surface area contributed by atoms with Gasteiger partial charge in [-0.1, -0.05) is 33.6 Å². The van der Waals surface area contributed by atoms with Crippen LogP contribution in [0, 0.1) is 0 Å². The highest BCUT2D eigenvalue weighted by Gasteiger charge is 2.14. The Labute approximate surface area is 152 Å². The maximum absolute atomic E-state index is 12.1. The summed E-state index contributed by atoms with van der Waals surface area (Å²) >= 11 is 3.25. The molecule has 0 unspecified atom stereocenters. The molecule has 0 heterocycles. The average molecular weight is 415 g/mol. The maximum atomic E-state index is 12.1. The first-order chi connectivity index (χ1) is 11.5. The highest BCUT2D eigenvalue weighted by atomic mass is 79.9. The van der Waals surface area contributed by atoms with Gasteiger partial charge >= 0.3 is 0 Å². The van der Waals surface area contributed by atoms with E-state index in [0.717, 1.165) is 19.3 Å². The van der Waals surface area contributed by atoms with E-state index in [1.165, 1.54) is 30.5 Å². The van der Waals surface area contributed by atoms with Gasteiger partial charge in [0.05, 0.1) is 4.90 Å². The zero-order chi connectivity index (χ0) is 17.4. The van der Waals surface area contributed by atoms with Crippen molar-refractivity contribution < 1.29 is 13.2 Å². The molecule has 0 spiro atoms. The summed E-state index contributed by atoms with van der Waals surface area (Å²) in [6, 6.07) is 6.46. The highest BCUT2D eigenvalue weighted by molar-refractivity contribution is 9.10. The molecular formula is C17H23BrN2O3S. The van der Waals surface area contributed by atoms with Gasteiger partial charge in [-0.3, -0.25) is 4.79 Å². The molecule has 1 aromatic carbocycles. The van der Waals surface area contributed by atoms with Crippen molar-refractivity contribution in [2.45, 2.75) is 43.4 Å². The lowest BCUT2D eigenvalue weighted by molar-refractivity contribution is -0.120. The molecule has 0 saturated carbocycles. The molecule has 0 radical (unpaired) electrons. The van der Waals surface area contributed by atoms with Crippen LogP contribution in [0.25, 0.3) is 0 Å². The van der Waals surface area contributed by atoms with Crippen LogP contribution in [-0.4, -0.2) is 27.4 Å². The van der Waals surface area contributed by atoms with Crippen LogP contribution in [0.1, 0.15) is 38.5 Å². The smallest absolute Gasteiger partial charge is 0.240 e. The number of halogens is 1. The zero-order valence-electron chi connectivity index (χ0n) is 13.6. The number of amides is 1. The monoisotopic (exact) mass is 414 g/mol. The molecule has 0 aliphatic heterocycles. The lowest BCUT2D eigenvalue weighted by Gasteiger charge is -2.13. The van der Waals surface area contributed by atoms with Crippen LogP contribution in [0.4, 0.5) is 0 Å². The number of hydrogen-bond acceptors (Lipinski definition) is 3. The minimum absolute atomic E-state index is 0.0867. The molecule has 24 heavy (non-hydrogen) atoms. The number of hydrogen-bond donors (Lipinski definition) is 2. The SMILES string of the molecule is O=C(CCNS(=O)(=O)c1cccc(Br)c1)NCCC1=CCCCC1. The summed E-state index contributed by atoms with van der Waals surface area (Å²) in [6.45, 7) is 0.701. The molecule has 132 valence electrons. The van der Waals surface area contributed by atoms with Crippen LogP contribution in [0.3, 0.4) is 0 Å². The van der Waals surface area contributed by atoms with E-state index in [1.54, 1.807) is 12.1 Å². The third kappa shape index (κ3) is 6.37. The number of allylic oxidation sites excluding steroid dienone is 1. The van der Waals surface area contributed by atoms with Gasteiger partial charge < -0.3 is 5.32 Å². The molecule has 7 heteroatoms. The van der Waals surface area contributed by atoms with Crippen LogP contribution in [-0.2, 0) is 14.8 Å². The number of carbonyl (C=O) groups excluding carboxylic acids is 1. The minimum Gasteiger partial charge on any atom is -0.356 e. The lowest BCUT2D eigenvalue weighted by Crippen LogP contribution is -2.31. The predicted octanol–water partition coefficient (Wildman–Crippen LogP) is 3.12. The molecule has 0 atom stereocenters. The van der Waals surface area contributed by atoms with Gasteiger partial charge in [0, 0.05) is 24.0 Å². The summed E-state index contributed by atoms with van der Waals surface area (Å²) in [5.41, 5.74) is 1.41. The van der Waals surface area contributed by atoms with Gasteiger partial charge in [0.1, 0.15) is 0 Å². The van der Waals surface area contributed by atoms with Gasteiger partial charge in [0.2, 0.25) is 15.9 Å². The van der Waals surface area contributed by atoms with Gasteiger partial charge in [-0.25, -0.2) is 13.1 Å². The Morgan fingerprint density at radius 2 is 2.04 bits per heavy atom. The number of carbonyl (C=O) groups is 1. The van der Waals surface area contributed by atoms with Crippen molar-refractivity contribution in [2.75, 3.05) is 13.1 Å². The quantitative estimate of drug-likeness (QED) is 0.641. The van der Waals surface area contributed by atoms with Gasteiger partial charge in [-0.05, 0) is 50.3 Å². The zero-order valence-corrected chi connectivity index (χ0v) is 16.0. The Bertz CT molecular complexity index is 702. The first-order valence-corrected chi connectivity index (χ1v) is 10.4. The Kier molecular flexibility index (Phi) is 7.45. The fraction of sp³-hybridized carbons (Fsp3) is 0.471. The second-order valence-electron chi connectivity index (χ2n) is 5.81. The van der Waals surface area contributed by atoms with E-state index in [0.29, 0.717) is 11.0 Å². The normalized spacial score (nSPS) is 15.0. The van der Waals surface area contributed by atoms with Crippen LogP contribution < -0.4 is 10.0 Å². The summed E-state index contributed by atoms with van der Waals surface area (Å²) in [7, 11) is -3.59. The molecule has 1 aromatic rings. The average Bonchev–Trinajstić information content (AvgIpc) is 2.56. The van der Waals surface area contributed by atoms with Gasteiger partial charge in [0.25, 0.3) is 0 Å². The summed E-state index contributed by atoms with van der Waals surface area (Å²) in [4.78, 5) is 12.0. The van der Waals surface area contributed by atoms with Crippen LogP contribution in [0.2, 0.25) is 0 Å². The first kappa shape index (κ1) is 19.1. The molecule has 0 bridgehead atoms. The summed E-state index contributed by atoms with van der Waals surface area (Å²) in [5.74, 6) is -0.136. The van der Waals surface area contributed by atoms with Crippen molar-refractivity contribution in [1.82, 2.24) is 10.0 Å². The number of sulfonamides is 1. The van der Waals surface area contributed by atoms with Crippen molar-refractivity contribution in [3.8, 4) is 0 Å². The molecule has 5 nitrogen and oxygen atoms in total. The van der Waals surface area contributed by atoms with Gasteiger partial charge in [0.15, 0.2) is 0 Å². The Balaban J connectivity index is 1.69. The molecule has 0 aromatic heterocycles. The molecule has 1 amide bonds. The topological polar surface area (TPSA) is 75.3 Å². The predicted molar refractivity (Wildman–Crippen MR) is 98.1 cm³/mol. The van der Waals surface area contributed by atoms with E-state index in [9.17, 15) is 13.2 Å². The molecule has 0 saturated heterocycles. The van der Waals surface area contributed by atoms with Gasteiger partial charge in [-0.2, -0.15) is 0 Å². The molecular weight excluding hydrogens is 392 g/mol. The fourth-order valence-electron chi connectivity index (χ4n) is 2.60. The van der Waals surface area contributed by atoms with E-state index in [2.05, 4.69) is 32.0 Å². The molecule has 2 rings (SSSR count). The van der Waals surface area contributed by atoms with Crippen molar-refractivity contribution >= 4 is 31.9 Å². The second-order valence-corrected chi connectivity index (χ2v) is 8.50. The molecule has 0 fully saturated rings. The summed E-state index contributed by atoms with van der Waals surface area (Å²) < 4.78 is 27.4. The van der Waals surface area contributed by atoms with Gasteiger partial charge in [-0.15, -0.1) is 0 Å². The highest BCUT2D eigenvalue weighted by Crippen LogP contribution is 2.19. The number of benzene rings is 1. The largest absolute Gasteiger partial charge is 0.356 e. The van der Waals surface area contributed by atoms with E-state index < -0.39 is 10.0 Å². The first-order valence-electron chi connectivity index (χ1n) is 8.17.